The fourth-order valence-electron chi connectivity index (χ4n) is 2.22. The number of hydrogen-bond acceptors (Lipinski definition) is 2. The first-order valence-corrected chi connectivity index (χ1v) is 6.23. The van der Waals surface area contributed by atoms with Crippen molar-refractivity contribution in [2.75, 3.05) is 13.2 Å². The van der Waals surface area contributed by atoms with Crippen LogP contribution in [0.2, 0.25) is 0 Å². The van der Waals surface area contributed by atoms with Crippen LogP contribution in [-0.4, -0.2) is 19.0 Å². The van der Waals surface area contributed by atoms with Crippen LogP contribution in [0.3, 0.4) is 0 Å². The van der Waals surface area contributed by atoms with E-state index in [1.54, 1.807) is 0 Å². The summed E-state index contributed by atoms with van der Waals surface area (Å²) >= 11 is 0. The molecule has 0 spiro atoms. The lowest BCUT2D eigenvalue weighted by atomic mass is 9.98. The minimum absolute atomic E-state index is 0.725. The molecule has 1 aliphatic heterocycles. The first-order chi connectivity index (χ1) is 8.93. The molecule has 0 atom stereocenters. The highest BCUT2D eigenvalue weighted by Crippen LogP contribution is 2.24. The maximum atomic E-state index is 5.50. The highest BCUT2D eigenvalue weighted by Gasteiger charge is 2.11. The topological polar surface area (TPSA) is 21.6 Å². The summed E-state index contributed by atoms with van der Waals surface area (Å²) in [6.07, 6.45) is 0.783. The van der Waals surface area contributed by atoms with Gasteiger partial charge >= 0.3 is 0 Å². The lowest BCUT2D eigenvalue weighted by molar-refractivity contribution is 0.341. The highest BCUT2D eigenvalue weighted by atomic mass is 16.5. The highest BCUT2D eigenvalue weighted by molar-refractivity contribution is 5.82. The Bertz CT molecular complexity index is 560. The van der Waals surface area contributed by atoms with Gasteiger partial charge in [0.1, 0.15) is 6.61 Å². The van der Waals surface area contributed by atoms with Crippen LogP contribution in [0.4, 0.5) is 0 Å². The summed E-state index contributed by atoms with van der Waals surface area (Å²) in [4.78, 5) is 4.36. The lowest BCUT2D eigenvalue weighted by Crippen LogP contribution is -2.04. The molecule has 1 heterocycles. The Morgan fingerprint density at radius 3 is 2.50 bits per heavy atom. The van der Waals surface area contributed by atoms with E-state index in [1.807, 2.05) is 6.07 Å². The largest absolute Gasteiger partial charge is 0.479 e. The van der Waals surface area contributed by atoms with Crippen molar-refractivity contribution in [3.8, 4) is 11.1 Å². The Labute approximate surface area is 107 Å². The minimum atomic E-state index is 0.725. The van der Waals surface area contributed by atoms with Crippen LogP contribution in [0, 0.1) is 0 Å². The Kier molecular flexibility index (Phi) is 3.09. The number of aliphatic imine (C=N–C) groups is 1. The van der Waals surface area contributed by atoms with Gasteiger partial charge in [0.2, 0.25) is 0 Å². The van der Waals surface area contributed by atoms with Gasteiger partial charge in [-0.2, -0.15) is 0 Å². The van der Waals surface area contributed by atoms with E-state index in [0.717, 1.165) is 25.5 Å². The molecule has 18 heavy (non-hydrogen) atoms. The quantitative estimate of drug-likeness (QED) is 0.802. The number of ether oxygens (including phenoxy) is 1. The molecule has 0 radical (unpaired) electrons. The molecule has 0 amide bonds. The van der Waals surface area contributed by atoms with E-state index in [0.29, 0.717) is 0 Å². The molecule has 0 bridgehead atoms. The van der Waals surface area contributed by atoms with Gasteiger partial charge < -0.3 is 4.74 Å². The molecular weight excluding hydrogens is 222 g/mol. The molecule has 1 aliphatic rings. The first-order valence-electron chi connectivity index (χ1n) is 6.23. The average Bonchev–Trinajstić information content (AvgIpc) is 2.93. The zero-order valence-corrected chi connectivity index (χ0v) is 10.2. The number of rotatable bonds is 3. The monoisotopic (exact) mass is 237 g/mol. The molecule has 3 rings (SSSR count). The second-order valence-corrected chi connectivity index (χ2v) is 4.32. The molecule has 2 heteroatoms. The number of benzene rings is 2. The van der Waals surface area contributed by atoms with Crippen molar-refractivity contribution in [1.29, 1.82) is 0 Å². The van der Waals surface area contributed by atoms with Crippen molar-refractivity contribution < 1.29 is 4.74 Å². The van der Waals surface area contributed by atoms with E-state index in [1.165, 1.54) is 16.7 Å². The molecule has 0 unspecified atom stereocenters. The summed E-state index contributed by atoms with van der Waals surface area (Å²) in [7, 11) is 0. The smallest absolute Gasteiger partial charge is 0.187 e. The first kappa shape index (κ1) is 11.0. The van der Waals surface area contributed by atoms with Crippen LogP contribution in [0.25, 0.3) is 11.1 Å². The Balaban J connectivity index is 1.95. The molecule has 2 nitrogen and oxygen atoms in total. The fraction of sp³-hybridized carbons (Fsp3) is 0.188. The molecule has 2 aromatic rings. The third-order valence-electron chi connectivity index (χ3n) is 3.09. The van der Waals surface area contributed by atoms with Crippen molar-refractivity contribution in [1.82, 2.24) is 0 Å². The van der Waals surface area contributed by atoms with E-state index in [-0.39, 0.29) is 0 Å². The van der Waals surface area contributed by atoms with Gasteiger partial charge in [0.15, 0.2) is 5.90 Å². The van der Waals surface area contributed by atoms with Crippen molar-refractivity contribution in [3.63, 3.8) is 0 Å². The second kappa shape index (κ2) is 5.05. The van der Waals surface area contributed by atoms with Crippen LogP contribution in [0.15, 0.2) is 59.6 Å². The van der Waals surface area contributed by atoms with E-state index in [4.69, 9.17) is 4.74 Å². The normalized spacial score (nSPS) is 14.1. The van der Waals surface area contributed by atoms with Gasteiger partial charge in [0, 0.05) is 6.42 Å². The van der Waals surface area contributed by atoms with Crippen molar-refractivity contribution in [3.05, 3.63) is 60.2 Å². The van der Waals surface area contributed by atoms with Gasteiger partial charge in [0.05, 0.1) is 6.54 Å². The maximum Gasteiger partial charge on any atom is 0.187 e. The van der Waals surface area contributed by atoms with Crippen molar-refractivity contribution in [2.24, 2.45) is 4.99 Å². The van der Waals surface area contributed by atoms with E-state index < -0.39 is 0 Å². The van der Waals surface area contributed by atoms with E-state index in [2.05, 4.69) is 53.5 Å². The molecule has 90 valence electrons. The van der Waals surface area contributed by atoms with Crippen molar-refractivity contribution >= 4 is 5.90 Å². The van der Waals surface area contributed by atoms with Crippen LogP contribution >= 0.6 is 0 Å². The zero-order valence-electron chi connectivity index (χ0n) is 10.2. The SMILES string of the molecule is c1ccc(-c2ccccc2CC2=NCCO2)cc1. The summed E-state index contributed by atoms with van der Waals surface area (Å²) in [6, 6.07) is 18.9. The van der Waals surface area contributed by atoms with Gasteiger partial charge in [-0.3, -0.25) is 4.99 Å². The van der Waals surface area contributed by atoms with Gasteiger partial charge in [-0.1, -0.05) is 54.6 Å². The van der Waals surface area contributed by atoms with Gasteiger partial charge in [-0.15, -0.1) is 0 Å². The summed E-state index contributed by atoms with van der Waals surface area (Å²) in [6.45, 7) is 1.52. The summed E-state index contributed by atoms with van der Waals surface area (Å²) in [5, 5.41) is 0. The molecule has 0 N–H and O–H groups in total. The standard InChI is InChI=1S/C16H15NO/c1-2-6-13(7-3-1)15-9-5-4-8-14(15)12-16-17-10-11-18-16/h1-9H,10-12H2. The summed E-state index contributed by atoms with van der Waals surface area (Å²) in [5.74, 6) is 0.860. The zero-order chi connectivity index (χ0) is 12.2. The van der Waals surface area contributed by atoms with Gasteiger partial charge in [0.25, 0.3) is 0 Å². The molecule has 2 aromatic carbocycles. The fourth-order valence-corrected chi connectivity index (χ4v) is 2.22. The molecule has 0 fully saturated rings. The Hall–Kier alpha value is -2.09. The minimum Gasteiger partial charge on any atom is -0.479 e. The Morgan fingerprint density at radius 2 is 1.72 bits per heavy atom. The summed E-state index contributed by atoms with van der Waals surface area (Å²) in [5.41, 5.74) is 3.77. The van der Waals surface area contributed by atoms with Crippen LogP contribution in [-0.2, 0) is 11.2 Å². The maximum absolute atomic E-state index is 5.50. The predicted molar refractivity (Wildman–Crippen MR) is 73.8 cm³/mol. The third kappa shape index (κ3) is 2.28. The molecule has 0 saturated carbocycles. The Morgan fingerprint density at radius 1 is 0.944 bits per heavy atom. The van der Waals surface area contributed by atoms with Crippen LogP contribution in [0.1, 0.15) is 5.56 Å². The number of nitrogens with zero attached hydrogens (tertiary/aromatic N) is 1. The molecule has 0 aromatic heterocycles. The van der Waals surface area contributed by atoms with Gasteiger partial charge in [-0.05, 0) is 16.7 Å². The molecule has 0 saturated heterocycles. The molecule has 0 aliphatic carbocycles. The van der Waals surface area contributed by atoms with Crippen LogP contribution in [0.5, 0.6) is 0 Å². The third-order valence-corrected chi connectivity index (χ3v) is 3.09. The van der Waals surface area contributed by atoms with Crippen molar-refractivity contribution in [2.45, 2.75) is 6.42 Å². The molecular formula is C16H15NO. The van der Waals surface area contributed by atoms with E-state index in [9.17, 15) is 0 Å². The van der Waals surface area contributed by atoms with E-state index >= 15 is 0 Å². The summed E-state index contributed by atoms with van der Waals surface area (Å²) < 4.78 is 5.50. The average molecular weight is 237 g/mol. The van der Waals surface area contributed by atoms with Gasteiger partial charge in [-0.25, -0.2) is 0 Å². The predicted octanol–water partition coefficient (Wildman–Crippen LogP) is 3.32. The second-order valence-electron chi connectivity index (χ2n) is 4.32. The number of hydrogen-bond donors (Lipinski definition) is 0. The lowest BCUT2D eigenvalue weighted by Gasteiger charge is -2.09. The van der Waals surface area contributed by atoms with Crippen LogP contribution < -0.4 is 0 Å².